The van der Waals surface area contributed by atoms with Crippen LogP contribution in [-0.4, -0.2) is 43.4 Å². The predicted octanol–water partition coefficient (Wildman–Crippen LogP) is 1.55. The summed E-state index contributed by atoms with van der Waals surface area (Å²) in [6, 6.07) is 6.65. The van der Waals surface area contributed by atoms with E-state index in [1.165, 1.54) is 0 Å². The van der Waals surface area contributed by atoms with E-state index in [1.54, 1.807) is 45.0 Å². The number of carbonyl (C=O) groups is 3. The predicted molar refractivity (Wildman–Crippen MR) is 108 cm³/mol. The molecule has 2 rings (SSSR count). The van der Waals surface area contributed by atoms with Crippen LogP contribution in [0.25, 0.3) is 0 Å². The lowest BCUT2D eigenvalue weighted by molar-refractivity contribution is -0.129. The first-order valence-electron chi connectivity index (χ1n) is 9.29. The van der Waals surface area contributed by atoms with Crippen LogP contribution in [0, 0.1) is 5.92 Å². The van der Waals surface area contributed by atoms with Gasteiger partial charge >= 0.3 is 6.09 Å². The molecule has 1 fully saturated rings. The Balaban J connectivity index is 1.73. The third-order valence-corrected chi connectivity index (χ3v) is 5.94. The van der Waals surface area contributed by atoms with Crippen molar-refractivity contribution in [1.29, 1.82) is 0 Å². The minimum absolute atomic E-state index is 0.0120. The number of anilines is 1. The molecule has 9 nitrogen and oxygen atoms in total. The molecule has 29 heavy (non-hydrogen) atoms. The summed E-state index contributed by atoms with van der Waals surface area (Å²) in [5.41, 5.74) is 5.25. The van der Waals surface area contributed by atoms with Gasteiger partial charge < -0.3 is 4.74 Å². The zero-order valence-electron chi connectivity index (χ0n) is 16.8. The van der Waals surface area contributed by atoms with Crippen molar-refractivity contribution in [2.75, 3.05) is 16.8 Å². The molecule has 0 aliphatic carbocycles. The number of rotatable bonds is 5. The molecular formula is C19H27N3O6S. The van der Waals surface area contributed by atoms with Crippen LogP contribution in [0.5, 0.6) is 0 Å². The Morgan fingerprint density at radius 2 is 1.69 bits per heavy atom. The van der Waals surface area contributed by atoms with E-state index in [0.717, 1.165) is 0 Å². The Hall–Kier alpha value is -2.62. The van der Waals surface area contributed by atoms with Crippen LogP contribution in [-0.2, 0) is 30.6 Å². The highest BCUT2D eigenvalue weighted by Gasteiger charge is 2.29. The molecule has 1 saturated heterocycles. The lowest BCUT2D eigenvalue weighted by Crippen LogP contribution is -2.43. The van der Waals surface area contributed by atoms with E-state index >= 15 is 0 Å². The van der Waals surface area contributed by atoms with Crippen LogP contribution in [0.1, 0.15) is 39.2 Å². The van der Waals surface area contributed by atoms with E-state index in [4.69, 9.17) is 4.74 Å². The fourth-order valence-electron chi connectivity index (χ4n) is 2.84. The number of nitrogens with one attached hydrogen (secondary N) is 3. The summed E-state index contributed by atoms with van der Waals surface area (Å²) in [4.78, 5) is 35.5. The average molecular weight is 426 g/mol. The van der Waals surface area contributed by atoms with Crippen LogP contribution in [0.15, 0.2) is 24.3 Å². The van der Waals surface area contributed by atoms with Gasteiger partial charge in [0.2, 0.25) is 11.8 Å². The third kappa shape index (κ3) is 8.51. The standard InChI is InChI=1S/C19H27N3O6S/c1-19(2,3)28-18(25)20-15-6-4-13(5-7-15)10-16(23)21-22-17(24)11-14-8-9-29(26,27)12-14/h4-7,14H,8-12H2,1-3H3,(H,20,25)(H,21,23)(H,22,24)/t14-/m0/s1. The van der Waals surface area contributed by atoms with Gasteiger partial charge in [-0.1, -0.05) is 12.1 Å². The van der Waals surface area contributed by atoms with E-state index in [2.05, 4.69) is 16.2 Å². The number of hydrogen-bond donors (Lipinski definition) is 3. The first-order chi connectivity index (χ1) is 13.4. The Kier molecular flexibility index (Phi) is 7.23. The Bertz CT molecular complexity index is 859. The number of amides is 3. The molecule has 10 heteroatoms. The van der Waals surface area contributed by atoms with E-state index < -0.39 is 33.3 Å². The van der Waals surface area contributed by atoms with Gasteiger partial charge in [0.15, 0.2) is 9.84 Å². The molecule has 0 spiro atoms. The maximum absolute atomic E-state index is 12.0. The van der Waals surface area contributed by atoms with Crippen molar-refractivity contribution in [3.63, 3.8) is 0 Å². The lowest BCUT2D eigenvalue weighted by atomic mass is 10.1. The highest BCUT2D eigenvalue weighted by Crippen LogP contribution is 2.21. The van der Waals surface area contributed by atoms with Gasteiger partial charge in [-0.2, -0.15) is 0 Å². The minimum atomic E-state index is -3.03. The van der Waals surface area contributed by atoms with Gasteiger partial charge in [-0.15, -0.1) is 0 Å². The minimum Gasteiger partial charge on any atom is -0.444 e. The second kappa shape index (κ2) is 9.25. The topological polar surface area (TPSA) is 131 Å². The summed E-state index contributed by atoms with van der Waals surface area (Å²) in [5.74, 6) is -0.918. The van der Waals surface area contributed by atoms with Gasteiger partial charge in [0, 0.05) is 12.1 Å². The third-order valence-electron chi connectivity index (χ3n) is 4.11. The molecule has 0 unspecified atom stereocenters. The molecule has 160 valence electrons. The Labute approximate surface area is 170 Å². The van der Waals surface area contributed by atoms with Gasteiger partial charge in [0.25, 0.3) is 0 Å². The summed E-state index contributed by atoms with van der Waals surface area (Å²) < 4.78 is 28.0. The smallest absolute Gasteiger partial charge is 0.412 e. The highest BCUT2D eigenvalue weighted by atomic mass is 32.2. The van der Waals surface area contributed by atoms with Crippen LogP contribution in [0.3, 0.4) is 0 Å². The van der Waals surface area contributed by atoms with Gasteiger partial charge in [0.05, 0.1) is 17.9 Å². The molecule has 3 N–H and O–H groups in total. The number of hydrogen-bond acceptors (Lipinski definition) is 6. The molecule has 1 heterocycles. The summed E-state index contributed by atoms with van der Waals surface area (Å²) in [5, 5.41) is 2.60. The number of sulfone groups is 1. The van der Waals surface area contributed by atoms with Gasteiger partial charge in [-0.3, -0.25) is 25.8 Å². The number of ether oxygens (including phenoxy) is 1. The largest absolute Gasteiger partial charge is 0.444 e. The first kappa shape index (κ1) is 22.7. The molecule has 1 aromatic rings. The van der Waals surface area contributed by atoms with Crippen LogP contribution >= 0.6 is 0 Å². The molecular weight excluding hydrogens is 398 g/mol. The second-order valence-electron chi connectivity index (χ2n) is 8.07. The van der Waals surface area contributed by atoms with Gasteiger partial charge in [-0.25, -0.2) is 13.2 Å². The molecule has 0 bridgehead atoms. The summed E-state index contributed by atoms with van der Waals surface area (Å²) in [7, 11) is -3.03. The first-order valence-corrected chi connectivity index (χ1v) is 11.1. The van der Waals surface area contributed by atoms with E-state index in [9.17, 15) is 22.8 Å². The maximum Gasteiger partial charge on any atom is 0.412 e. The summed E-state index contributed by atoms with van der Waals surface area (Å²) >= 11 is 0. The van der Waals surface area contributed by atoms with Crippen molar-refractivity contribution < 1.29 is 27.5 Å². The zero-order chi connectivity index (χ0) is 21.7. The number of hydrazine groups is 1. The highest BCUT2D eigenvalue weighted by molar-refractivity contribution is 7.91. The summed E-state index contributed by atoms with van der Waals surface area (Å²) in [6.45, 7) is 5.30. The van der Waals surface area contributed by atoms with Crippen molar-refractivity contribution in [2.24, 2.45) is 5.92 Å². The Morgan fingerprint density at radius 3 is 2.24 bits per heavy atom. The summed E-state index contributed by atoms with van der Waals surface area (Å²) in [6.07, 6.45) is -0.0105. The van der Waals surface area contributed by atoms with Crippen LogP contribution in [0.2, 0.25) is 0 Å². The van der Waals surface area contributed by atoms with Crippen LogP contribution in [0.4, 0.5) is 10.5 Å². The number of benzene rings is 1. The lowest BCUT2D eigenvalue weighted by Gasteiger charge is -2.19. The van der Waals surface area contributed by atoms with E-state index in [1.807, 2.05) is 0 Å². The maximum atomic E-state index is 12.0. The quantitative estimate of drug-likeness (QED) is 0.614. The molecule has 1 atom stereocenters. The van der Waals surface area contributed by atoms with Gasteiger partial charge in [0.1, 0.15) is 5.60 Å². The molecule has 3 amide bonds. The van der Waals surface area contributed by atoms with Crippen molar-refractivity contribution >= 4 is 33.4 Å². The van der Waals surface area contributed by atoms with Crippen molar-refractivity contribution in [3.8, 4) is 0 Å². The molecule has 1 aliphatic heterocycles. The fourth-order valence-corrected chi connectivity index (χ4v) is 4.70. The van der Waals surface area contributed by atoms with Crippen molar-refractivity contribution in [3.05, 3.63) is 29.8 Å². The number of carbonyl (C=O) groups excluding carboxylic acids is 3. The van der Waals surface area contributed by atoms with Crippen molar-refractivity contribution in [2.45, 2.75) is 45.6 Å². The van der Waals surface area contributed by atoms with E-state index in [-0.39, 0.29) is 30.3 Å². The van der Waals surface area contributed by atoms with E-state index in [0.29, 0.717) is 17.7 Å². The fraction of sp³-hybridized carbons (Fsp3) is 0.526. The Morgan fingerprint density at radius 1 is 1.07 bits per heavy atom. The zero-order valence-corrected chi connectivity index (χ0v) is 17.6. The molecule has 0 radical (unpaired) electrons. The molecule has 0 aromatic heterocycles. The monoisotopic (exact) mass is 425 g/mol. The average Bonchev–Trinajstić information content (AvgIpc) is 2.91. The molecule has 0 saturated carbocycles. The van der Waals surface area contributed by atoms with Crippen molar-refractivity contribution in [1.82, 2.24) is 10.9 Å². The van der Waals surface area contributed by atoms with Gasteiger partial charge in [-0.05, 0) is 50.8 Å². The SMILES string of the molecule is CC(C)(C)OC(=O)Nc1ccc(CC(=O)NNC(=O)C[C@@H]2CCS(=O)(=O)C2)cc1. The molecule has 1 aliphatic rings. The van der Waals surface area contributed by atoms with Crippen LogP contribution < -0.4 is 16.2 Å². The molecule has 1 aromatic carbocycles. The normalized spacial score (nSPS) is 18.0. The second-order valence-corrected chi connectivity index (χ2v) is 10.3.